The van der Waals surface area contributed by atoms with Crippen molar-refractivity contribution in [1.29, 1.82) is 0 Å². The van der Waals surface area contributed by atoms with Crippen LogP contribution in [0.5, 0.6) is 0 Å². The van der Waals surface area contributed by atoms with Crippen molar-refractivity contribution in [2.45, 2.75) is 38.5 Å². The molecule has 20 heavy (non-hydrogen) atoms. The Labute approximate surface area is 121 Å². The third-order valence-electron chi connectivity index (χ3n) is 4.76. The molecule has 4 rings (SSSR count). The number of allylic oxidation sites excluding steroid dienone is 1. The van der Waals surface area contributed by atoms with Crippen molar-refractivity contribution in [2.24, 2.45) is 0 Å². The van der Waals surface area contributed by atoms with Crippen LogP contribution in [0.3, 0.4) is 0 Å². The quantitative estimate of drug-likeness (QED) is 0.661. The van der Waals surface area contributed by atoms with Gasteiger partial charge in [-0.05, 0) is 71.9 Å². The van der Waals surface area contributed by atoms with Gasteiger partial charge in [0.2, 0.25) is 0 Å². The molecule has 0 bridgehead atoms. The van der Waals surface area contributed by atoms with Crippen LogP contribution in [0, 0.1) is 0 Å². The van der Waals surface area contributed by atoms with E-state index in [0.717, 1.165) is 0 Å². The van der Waals surface area contributed by atoms with Gasteiger partial charge in [0, 0.05) is 0 Å². The molecule has 0 atom stereocenters. The van der Waals surface area contributed by atoms with Gasteiger partial charge in [-0.3, -0.25) is 0 Å². The summed E-state index contributed by atoms with van der Waals surface area (Å²) in [7, 11) is 0. The van der Waals surface area contributed by atoms with Gasteiger partial charge >= 0.3 is 0 Å². The van der Waals surface area contributed by atoms with Gasteiger partial charge in [-0.25, -0.2) is 0 Å². The molecule has 0 aromatic heterocycles. The van der Waals surface area contributed by atoms with Crippen molar-refractivity contribution in [2.75, 3.05) is 0 Å². The largest absolute Gasteiger partial charge is 0.0836 e. The lowest BCUT2D eigenvalue weighted by Crippen LogP contribution is -2.06. The molecule has 0 aliphatic heterocycles. The molecule has 100 valence electrons. The van der Waals surface area contributed by atoms with Crippen LogP contribution in [0.4, 0.5) is 0 Å². The molecule has 0 saturated carbocycles. The van der Waals surface area contributed by atoms with Crippen LogP contribution in [0.25, 0.3) is 17.2 Å². The molecule has 0 heterocycles. The smallest absolute Gasteiger partial charge is 0.0143 e. The number of benzene rings is 2. The number of aryl methyl sites for hydroxylation is 1. The van der Waals surface area contributed by atoms with E-state index in [0.29, 0.717) is 0 Å². The topological polar surface area (TPSA) is 0 Å². The fourth-order valence-corrected chi connectivity index (χ4v) is 3.76. The molecule has 2 aliphatic carbocycles. The monoisotopic (exact) mass is 260 g/mol. The maximum Gasteiger partial charge on any atom is -0.0143 e. The minimum atomic E-state index is 1.18. The van der Waals surface area contributed by atoms with Gasteiger partial charge in [0.05, 0.1) is 0 Å². The average Bonchev–Trinajstić information content (AvgIpc) is 2.54. The summed E-state index contributed by atoms with van der Waals surface area (Å²) in [6, 6.07) is 13.7. The zero-order valence-electron chi connectivity index (χ0n) is 11.9. The average molecular weight is 260 g/mol. The van der Waals surface area contributed by atoms with E-state index in [1.165, 1.54) is 55.2 Å². The van der Waals surface area contributed by atoms with E-state index in [2.05, 4.69) is 48.6 Å². The van der Waals surface area contributed by atoms with Crippen LogP contribution >= 0.6 is 0 Å². The van der Waals surface area contributed by atoms with Gasteiger partial charge in [-0.15, -0.1) is 0 Å². The van der Waals surface area contributed by atoms with E-state index in [4.69, 9.17) is 0 Å². The lowest BCUT2D eigenvalue weighted by molar-refractivity contribution is 0.687. The van der Waals surface area contributed by atoms with Crippen LogP contribution in [0.2, 0.25) is 0 Å². The first-order valence-electron chi connectivity index (χ1n) is 7.83. The molecule has 0 spiro atoms. The zero-order valence-corrected chi connectivity index (χ0v) is 11.9. The maximum atomic E-state index is 2.33. The number of fused-ring (bicyclic) bond motifs is 2. The second-order valence-electron chi connectivity index (χ2n) is 5.96. The molecule has 0 N–H and O–H groups in total. The predicted octanol–water partition coefficient (Wildman–Crippen LogP) is 5.19. The van der Waals surface area contributed by atoms with Crippen LogP contribution in [-0.4, -0.2) is 0 Å². The summed E-state index contributed by atoms with van der Waals surface area (Å²) in [6.07, 6.45) is 12.2. The lowest BCUT2D eigenvalue weighted by Gasteiger charge is -2.22. The van der Waals surface area contributed by atoms with Crippen molar-refractivity contribution in [3.8, 4) is 11.1 Å². The molecule has 0 saturated heterocycles. The summed E-state index contributed by atoms with van der Waals surface area (Å²) in [6.45, 7) is 0. The van der Waals surface area contributed by atoms with Crippen LogP contribution < -0.4 is 0 Å². The standard InChI is InChI=1S/C20H20/c1-3-11-17-15(7-1)9-5-13-19(17)20-14-6-10-16-8-2-4-12-18(16)20/h1,5-7,9-10,13-14H,2-4,8,11-12H2. The maximum absolute atomic E-state index is 2.33. The first kappa shape index (κ1) is 12.0. The van der Waals surface area contributed by atoms with Gasteiger partial charge < -0.3 is 0 Å². The number of rotatable bonds is 1. The van der Waals surface area contributed by atoms with Gasteiger partial charge in [0.1, 0.15) is 0 Å². The predicted molar refractivity (Wildman–Crippen MR) is 85.9 cm³/mol. The van der Waals surface area contributed by atoms with Gasteiger partial charge in [0.25, 0.3) is 0 Å². The Hall–Kier alpha value is -1.82. The molecule has 2 aromatic carbocycles. The van der Waals surface area contributed by atoms with Gasteiger partial charge in [-0.2, -0.15) is 0 Å². The van der Waals surface area contributed by atoms with E-state index >= 15 is 0 Å². The minimum absolute atomic E-state index is 1.18. The van der Waals surface area contributed by atoms with Crippen molar-refractivity contribution in [3.63, 3.8) is 0 Å². The van der Waals surface area contributed by atoms with E-state index in [1.807, 2.05) is 0 Å². The van der Waals surface area contributed by atoms with Crippen molar-refractivity contribution >= 4 is 6.08 Å². The number of hydrogen-bond donors (Lipinski definition) is 0. The molecule has 0 unspecified atom stereocenters. The second-order valence-corrected chi connectivity index (χ2v) is 5.96. The highest BCUT2D eigenvalue weighted by atomic mass is 14.2. The third kappa shape index (κ3) is 1.91. The molecular formula is C20H20. The van der Waals surface area contributed by atoms with E-state index in [1.54, 1.807) is 16.7 Å². The molecule has 2 aliphatic rings. The SMILES string of the molecule is C1=Cc2cccc(-c3cccc4c3CCCC4)c2CC1. The Morgan fingerprint density at radius 3 is 2.45 bits per heavy atom. The lowest BCUT2D eigenvalue weighted by atomic mass is 9.82. The van der Waals surface area contributed by atoms with E-state index < -0.39 is 0 Å². The summed E-state index contributed by atoms with van der Waals surface area (Å²) < 4.78 is 0. The fourth-order valence-electron chi connectivity index (χ4n) is 3.76. The first-order valence-corrected chi connectivity index (χ1v) is 7.83. The summed E-state index contributed by atoms with van der Waals surface area (Å²) >= 11 is 0. The summed E-state index contributed by atoms with van der Waals surface area (Å²) in [5.74, 6) is 0. The van der Waals surface area contributed by atoms with Crippen LogP contribution in [0.15, 0.2) is 42.5 Å². The van der Waals surface area contributed by atoms with Crippen molar-refractivity contribution in [3.05, 3.63) is 64.7 Å². The molecule has 0 amide bonds. The molecule has 0 fully saturated rings. The Morgan fingerprint density at radius 2 is 1.50 bits per heavy atom. The Morgan fingerprint density at radius 1 is 0.700 bits per heavy atom. The Kier molecular flexibility index (Phi) is 2.95. The van der Waals surface area contributed by atoms with E-state index in [9.17, 15) is 0 Å². The summed E-state index contributed by atoms with van der Waals surface area (Å²) in [5, 5.41) is 0. The van der Waals surface area contributed by atoms with Crippen molar-refractivity contribution in [1.82, 2.24) is 0 Å². The molecule has 2 aromatic rings. The molecular weight excluding hydrogens is 240 g/mol. The zero-order chi connectivity index (χ0) is 13.4. The van der Waals surface area contributed by atoms with Crippen LogP contribution in [-0.2, 0) is 19.3 Å². The third-order valence-corrected chi connectivity index (χ3v) is 4.76. The highest BCUT2D eigenvalue weighted by molar-refractivity contribution is 5.77. The summed E-state index contributed by atoms with van der Waals surface area (Å²) in [4.78, 5) is 0. The molecule has 0 nitrogen and oxygen atoms in total. The van der Waals surface area contributed by atoms with Crippen LogP contribution in [0.1, 0.15) is 41.5 Å². The number of hydrogen-bond acceptors (Lipinski definition) is 0. The highest BCUT2D eigenvalue weighted by Crippen LogP contribution is 2.36. The fraction of sp³-hybridized carbons (Fsp3) is 0.300. The molecule has 0 heteroatoms. The molecule has 0 radical (unpaired) electrons. The van der Waals surface area contributed by atoms with Gasteiger partial charge in [-0.1, -0.05) is 48.6 Å². The first-order chi connectivity index (χ1) is 9.93. The van der Waals surface area contributed by atoms with Gasteiger partial charge in [0.15, 0.2) is 0 Å². The normalized spacial score (nSPS) is 16.6. The second kappa shape index (κ2) is 4.94. The Balaban J connectivity index is 1.92. The van der Waals surface area contributed by atoms with Crippen molar-refractivity contribution < 1.29 is 0 Å². The summed E-state index contributed by atoms with van der Waals surface area (Å²) in [5.41, 5.74) is 9.13. The minimum Gasteiger partial charge on any atom is -0.0836 e. The highest BCUT2D eigenvalue weighted by Gasteiger charge is 2.17. The Bertz CT molecular complexity index is 676. The van der Waals surface area contributed by atoms with E-state index in [-0.39, 0.29) is 0 Å².